The lowest BCUT2D eigenvalue weighted by molar-refractivity contribution is 0.104. The Balaban J connectivity index is 2.44. The molecule has 0 bridgehead atoms. The molecule has 6 heteroatoms. The Morgan fingerprint density at radius 3 is 2.08 bits per heavy atom. The summed E-state index contributed by atoms with van der Waals surface area (Å²) in [5.74, 6) is 0.102. The highest BCUT2D eigenvalue weighted by molar-refractivity contribution is 6.09. The summed E-state index contributed by atoms with van der Waals surface area (Å²) in [5, 5.41) is 20.0. The minimum atomic E-state index is -0.528. The fourth-order valence-electron chi connectivity index (χ4n) is 2.20. The van der Waals surface area contributed by atoms with Crippen molar-refractivity contribution in [3.05, 3.63) is 53.6 Å². The molecule has 2 N–H and O–H groups in total. The number of carbonyl (C=O) groups is 1. The van der Waals surface area contributed by atoms with Gasteiger partial charge in [-0.15, -0.1) is 0 Å². The molecule has 0 heterocycles. The molecule has 0 spiro atoms. The van der Waals surface area contributed by atoms with Crippen LogP contribution in [0, 0.1) is 0 Å². The first-order valence-electron chi connectivity index (χ1n) is 7.05. The molecule has 0 aliphatic heterocycles. The largest absolute Gasteiger partial charge is 0.507 e. The van der Waals surface area contributed by atoms with Gasteiger partial charge in [-0.1, -0.05) is 12.1 Å². The van der Waals surface area contributed by atoms with Gasteiger partial charge in [0.25, 0.3) is 0 Å². The van der Waals surface area contributed by atoms with Crippen molar-refractivity contribution in [1.29, 1.82) is 0 Å². The second kappa shape index (κ2) is 7.41. The number of para-hydroxylation sites is 1. The van der Waals surface area contributed by atoms with Gasteiger partial charge in [-0.05, 0) is 24.3 Å². The van der Waals surface area contributed by atoms with Gasteiger partial charge in [0.15, 0.2) is 17.3 Å². The predicted molar refractivity (Wildman–Crippen MR) is 89.1 cm³/mol. The highest BCUT2D eigenvalue weighted by Gasteiger charge is 2.16. The summed E-state index contributed by atoms with van der Waals surface area (Å²) in [6.45, 7) is 0. The number of aliphatic hydroxyl groups excluding tert-OH is 1. The van der Waals surface area contributed by atoms with Crippen molar-refractivity contribution in [2.75, 3.05) is 21.3 Å². The van der Waals surface area contributed by atoms with Gasteiger partial charge in [-0.2, -0.15) is 0 Å². The molecule has 0 aliphatic carbocycles. The van der Waals surface area contributed by atoms with Crippen LogP contribution in [-0.2, 0) is 0 Å². The maximum absolute atomic E-state index is 12.2. The van der Waals surface area contributed by atoms with E-state index in [0.29, 0.717) is 22.8 Å². The highest BCUT2D eigenvalue weighted by atomic mass is 16.5. The molecule has 24 heavy (non-hydrogen) atoms. The molecule has 0 saturated heterocycles. The molecule has 0 amide bonds. The third-order valence-electron chi connectivity index (χ3n) is 3.40. The fraction of sp³-hybridized carbons (Fsp3) is 0.167. The average Bonchev–Trinajstić information content (AvgIpc) is 2.60. The molecule has 126 valence electrons. The van der Waals surface area contributed by atoms with E-state index in [2.05, 4.69) is 0 Å². The van der Waals surface area contributed by atoms with Gasteiger partial charge in [-0.25, -0.2) is 0 Å². The molecule has 2 rings (SSSR count). The van der Waals surface area contributed by atoms with Crippen LogP contribution in [0.2, 0.25) is 0 Å². The minimum absolute atomic E-state index is 0.0940. The van der Waals surface area contributed by atoms with Gasteiger partial charge in [0.1, 0.15) is 11.5 Å². The summed E-state index contributed by atoms with van der Waals surface area (Å²) < 4.78 is 15.6. The molecule has 0 aliphatic rings. The number of methoxy groups -OCH3 is 3. The molecule has 0 radical (unpaired) electrons. The van der Waals surface area contributed by atoms with Gasteiger partial charge in [-0.3, -0.25) is 4.79 Å². The number of rotatable bonds is 6. The van der Waals surface area contributed by atoms with Crippen LogP contribution in [0.15, 0.2) is 42.5 Å². The van der Waals surface area contributed by atoms with Crippen LogP contribution in [-0.4, -0.2) is 37.3 Å². The smallest absolute Gasteiger partial charge is 0.203 e. The van der Waals surface area contributed by atoms with Crippen molar-refractivity contribution in [2.45, 2.75) is 0 Å². The number of ether oxygens (including phenoxy) is 3. The van der Waals surface area contributed by atoms with Crippen molar-refractivity contribution in [3.63, 3.8) is 0 Å². The summed E-state index contributed by atoms with van der Waals surface area (Å²) >= 11 is 0. The Hall–Kier alpha value is -3.15. The van der Waals surface area contributed by atoms with E-state index < -0.39 is 5.78 Å². The summed E-state index contributed by atoms with van der Waals surface area (Å²) in [5.41, 5.74) is 0.407. The Kier molecular flexibility index (Phi) is 5.31. The topological polar surface area (TPSA) is 85.2 Å². The standard InChI is InChI=1S/C18H18O6/c1-22-16-8-11(9-17(23-2)18(16)24-3)14(20)10-15(21)12-6-4-5-7-13(12)19/h4-10,19-20H,1-3H3/b14-10-. The number of benzene rings is 2. The monoisotopic (exact) mass is 330 g/mol. The third-order valence-corrected chi connectivity index (χ3v) is 3.40. The van der Waals surface area contributed by atoms with E-state index in [1.807, 2.05) is 0 Å². The second-order valence-electron chi connectivity index (χ2n) is 4.82. The van der Waals surface area contributed by atoms with E-state index in [9.17, 15) is 15.0 Å². The molecule has 0 aromatic heterocycles. The van der Waals surface area contributed by atoms with Crippen LogP contribution in [0.25, 0.3) is 5.76 Å². The first kappa shape index (κ1) is 17.2. The number of hydrogen-bond donors (Lipinski definition) is 2. The molecule has 0 atom stereocenters. The summed E-state index contributed by atoms with van der Waals surface area (Å²) in [4.78, 5) is 12.2. The zero-order chi connectivity index (χ0) is 17.7. The number of hydrogen-bond acceptors (Lipinski definition) is 6. The molecular formula is C18H18O6. The van der Waals surface area contributed by atoms with Crippen LogP contribution >= 0.6 is 0 Å². The Labute approximate surface area is 139 Å². The number of ketones is 1. The number of allylic oxidation sites excluding steroid dienone is 1. The minimum Gasteiger partial charge on any atom is -0.507 e. The number of carbonyl (C=O) groups excluding carboxylic acids is 1. The van der Waals surface area contributed by atoms with Crippen LogP contribution in [0.4, 0.5) is 0 Å². The highest BCUT2D eigenvalue weighted by Crippen LogP contribution is 2.39. The number of phenols is 1. The molecular weight excluding hydrogens is 312 g/mol. The number of aliphatic hydroxyl groups is 1. The Bertz CT molecular complexity index is 754. The van der Waals surface area contributed by atoms with E-state index in [1.165, 1.54) is 45.6 Å². The van der Waals surface area contributed by atoms with E-state index in [0.717, 1.165) is 6.08 Å². The maximum Gasteiger partial charge on any atom is 0.203 e. The normalized spacial score (nSPS) is 11.0. The van der Waals surface area contributed by atoms with Crippen LogP contribution in [0.5, 0.6) is 23.0 Å². The number of phenolic OH excluding ortho intramolecular Hbond substituents is 1. The molecule has 0 unspecified atom stereocenters. The van der Waals surface area contributed by atoms with Gasteiger partial charge in [0, 0.05) is 11.6 Å². The first-order chi connectivity index (χ1) is 11.5. The molecule has 6 nitrogen and oxygen atoms in total. The fourth-order valence-corrected chi connectivity index (χ4v) is 2.20. The van der Waals surface area contributed by atoms with Crippen molar-refractivity contribution in [2.24, 2.45) is 0 Å². The second-order valence-corrected chi connectivity index (χ2v) is 4.82. The van der Waals surface area contributed by atoms with Gasteiger partial charge in [0.2, 0.25) is 5.75 Å². The van der Waals surface area contributed by atoms with Crippen molar-refractivity contribution in [1.82, 2.24) is 0 Å². The van der Waals surface area contributed by atoms with E-state index >= 15 is 0 Å². The lowest BCUT2D eigenvalue weighted by Gasteiger charge is -2.13. The maximum atomic E-state index is 12.2. The summed E-state index contributed by atoms with van der Waals surface area (Å²) in [7, 11) is 4.38. The van der Waals surface area contributed by atoms with Crippen molar-refractivity contribution in [3.8, 4) is 23.0 Å². The van der Waals surface area contributed by atoms with Crippen molar-refractivity contribution < 1.29 is 29.2 Å². The van der Waals surface area contributed by atoms with Crippen molar-refractivity contribution >= 4 is 11.5 Å². The van der Waals surface area contributed by atoms with Crippen LogP contribution in [0.1, 0.15) is 15.9 Å². The zero-order valence-corrected chi connectivity index (χ0v) is 13.6. The SMILES string of the molecule is COc1cc(/C(O)=C/C(=O)c2ccccc2O)cc(OC)c1OC. The molecule has 0 fully saturated rings. The zero-order valence-electron chi connectivity index (χ0n) is 13.6. The van der Waals surface area contributed by atoms with Crippen LogP contribution < -0.4 is 14.2 Å². The Morgan fingerprint density at radius 1 is 1.00 bits per heavy atom. The number of aromatic hydroxyl groups is 1. The van der Waals surface area contributed by atoms with E-state index in [-0.39, 0.29) is 17.1 Å². The Morgan fingerprint density at radius 2 is 1.58 bits per heavy atom. The van der Waals surface area contributed by atoms with E-state index in [4.69, 9.17) is 14.2 Å². The quantitative estimate of drug-likeness (QED) is 0.481. The van der Waals surface area contributed by atoms with Gasteiger partial charge >= 0.3 is 0 Å². The average molecular weight is 330 g/mol. The van der Waals surface area contributed by atoms with Gasteiger partial charge < -0.3 is 24.4 Å². The predicted octanol–water partition coefficient (Wildman–Crippen LogP) is 3.20. The first-order valence-corrected chi connectivity index (χ1v) is 7.05. The summed E-state index contributed by atoms with van der Waals surface area (Å²) in [6.07, 6.45) is 1.02. The lowest BCUT2D eigenvalue weighted by Crippen LogP contribution is -1.99. The molecule has 2 aromatic rings. The molecule has 0 saturated carbocycles. The van der Waals surface area contributed by atoms with Gasteiger partial charge in [0.05, 0.1) is 26.9 Å². The van der Waals surface area contributed by atoms with E-state index in [1.54, 1.807) is 12.1 Å². The third kappa shape index (κ3) is 3.43. The summed E-state index contributed by atoms with van der Waals surface area (Å²) in [6, 6.07) is 9.14. The lowest BCUT2D eigenvalue weighted by atomic mass is 10.1. The van der Waals surface area contributed by atoms with Crippen LogP contribution in [0.3, 0.4) is 0 Å². The molecule has 2 aromatic carbocycles.